The summed E-state index contributed by atoms with van der Waals surface area (Å²) in [5, 5.41) is 6.72. The lowest BCUT2D eigenvalue weighted by atomic mass is 10.1. The molecule has 2 nitrogen and oxygen atoms in total. The first-order valence-electron chi connectivity index (χ1n) is 5.71. The third-order valence-electron chi connectivity index (χ3n) is 2.65. The summed E-state index contributed by atoms with van der Waals surface area (Å²) in [7, 11) is 0. The van der Waals surface area contributed by atoms with Crippen LogP contribution in [-0.4, -0.2) is 11.5 Å². The van der Waals surface area contributed by atoms with Gasteiger partial charge in [0.25, 0.3) is 0 Å². The van der Waals surface area contributed by atoms with E-state index in [1.54, 1.807) is 29.7 Å². The minimum absolute atomic E-state index is 0.267. The van der Waals surface area contributed by atoms with E-state index in [-0.39, 0.29) is 5.82 Å². The fraction of sp³-hybridized carbons (Fsp3) is 0.308. The number of nitrogens with one attached hydrogen (secondary N) is 1. The minimum Gasteiger partial charge on any atom is -0.312 e. The van der Waals surface area contributed by atoms with E-state index < -0.39 is 0 Å². The molecule has 0 aliphatic carbocycles. The van der Waals surface area contributed by atoms with E-state index in [0.717, 1.165) is 11.6 Å². The molecular formula is C13H14ClFN2S. The Morgan fingerprint density at radius 3 is 3.00 bits per heavy atom. The van der Waals surface area contributed by atoms with E-state index in [9.17, 15) is 4.39 Å². The molecule has 1 aromatic carbocycles. The van der Waals surface area contributed by atoms with Gasteiger partial charge in [-0.05, 0) is 12.1 Å². The third-order valence-corrected chi connectivity index (χ3v) is 3.90. The summed E-state index contributed by atoms with van der Waals surface area (Å²) < 4.78 is 13.5. The SMILES string of the molecule is CC(CNCc1ccc(Cl)cc1F)c1nccs1. The predicted molar refractivity (Wildman–Crippen MR) is 73.6 cm³/mol. The molecule has 0 aliphatic rings. The topological polar surface area (TPSA) is 24.9 Å². The highest BCUT2D eigenvalue weighted by Crippen LogP contribution is 2.17. The quantitative estimate of drug-likeness (QED) is 0.903. The summed E-state index contributed by atoms with van der Waals surface area (Å²) >= 11 is 7.34. The van der Waals surface area contributed by atoms with Crippen LogP contribution in [0.2, 0.25) is 5.02 Å². The van der Waals surface area contributed by atoms with Crippen molar-refractivity contribution >= 4 is 22.9 Å². The minimum atomic E-state index is -0.267. The van der Waals surface area contributed by atoms with Crippen molar-refractivity contribution in [3.63, 3.8) is 0 Å². The van der Waals surface area contributed by atoms with Gasteiger partial charge in [0.2, 0.25) is 0 Å². The van der Waals surface area contributed by atoms with Crippen LogP contribution in [-0.2, 0) is 6.54 Å². The summed E-state index contributed by atoms with van der Waals surface area (Å²) in [5.74, 6) is 0.0669. The highest BCUT2D eigenvalue weighted by atomic mass is 35.5. The number of hydrogen-bond donors (Lipinski definition) is 1. The van der Waals surface area contributed by atoms with Crippen molar-refractivity contribution in [3.8, 4) is 0 Å². The largest absolute Gasteiger partial charge is 0.312 e. The molecule has 0 radical (unpaired) electrons. The van der Waals surface area contributed by atoms with Crippen LogP contribution >= 0.6 is 22.9 Å². The van der Waals surface area contributed by atoms with Crippen LogP contribution in [0, 0.1) is 5.82 Å². The molecule has 2 rings (SSSR count). The van der Waals surface area contributed by atoms with Gasteiger partial charge in [0.05, 0.1) is 5.01 Å². The zero-order valence-corrected chi connectivity index (χ0v) is 11.6. The van der Waals surface area contributed by atoms with Crippen molar-refractivity contribution in [2.45, 2.75) is 19.4 Å². The molecule has 2 aromatic rings. The molecule has 0 fully saturated rings. The first kappa shape index (κ1) is 13.5. The Kier molecular flexibility index (Phi) is 4.69. The van der Waals surface area contributed by atoms with Gasteiger partial charge in [0.1, 0.15) is 5.82 Å². The van der Waals surface area contributed by atoms with Gasteiger partial charge >= 0.3 is 0 Å². The summed E-state index contributed by atoms with van der Waals surface area (Å²) in [6.07, 6.45) is 1.80. The van der Waals surface area contributed by atoms with Crippen molar-refractivity contribution < 1.29 is 4.39 Å². The fourth-order valence-electron chi connectivity index (χ4n) is 1.65. The number of rotatable bonds is 5. The molecule has 1 unspecified atom stereocenters. The standard InChI is InChI=1S/C13H14ClFN2S/c1-9(13-17-4-5-18-13)7-16-8-10-2-3-11(14)6-12(10)15/h2-6,9,16H,7-8H2,1H3. The zero-order chi connectivity index (χ0) is 13.0. The number of halogens is 2. The van der Waals surface area contributed by atoms with E-state index >= 15 is 0 Å². The molecule has 5 heteroatoms. The second-order valence-electron chi connectivity index (χ2n) is 4.14. The third kappa shape index (κ3) is 3.51. The number of thiazole rings is 1. The van der Waals surface area contributed by atoms with Gasteiger partial charge in [-0.2, -0.15) is 0 Å². The summed E-state index contributed by atoms with van der Waals surface area (Å²) in [6.45, 7) is 3.37. The van der Waals surface area contributed by atoms with Gasteiger partial charge in [-0.15, -0.1) is 11.3 Å². The molecule has 18 heavy (non-hydrogen) atoms. The van der Waals surface area contributed by atoms with Crippen LogP contribution in [0.3, 0.4) is 0 Å². The van der Waals surface area contributed by atoms with E-state index in [4.69, 9.17) is 11.6 Å². The van der Waals surface area contributed by atoms with Crippen LogP contribution in [0.1, 0.15) is 23.4 Å². The predicted octanol–water partition coefficient (Wildman–Crippen LogP) is 3.83. The molecule has 1 heterocycles. The highest BCUT2D eigenvalue weighted by Gasteiger charge is 2.08. The maximum Gasteiger partial charge on any atom is 0.129 e. The first-order valence-corrected chi connectivity index (χ1v) is 6.96. The van der Waals surface area contributed by atoms with Crippen LogP contribution in [0.4, 0.5) is 4.39 Å². The Bertz CT molecular complexity index is 502. The lowest BCUT2D eigenvalue weighted by Crippen LogP contribution is -2.20. The van der Waals surface area contributed by atoms with Gasteiger partial charge < -0.3 is 5.32 Å². The summed E-state index contributed by atoms with van der Waals surface area (Å²) in [6, 6.07) is 4.74. The molecule has 0 amide bonds. The summed E-state index contributed by atoms with van der Waals surface area (Å²) in [4.78, 5) is 4.26. The average molecular weight is 285 g/mol. The van der Waals surface area contributed by atoms with Gasteiger partial charge in [-0.25, -0.2) is 9.37 Å². The highest BCUT2D eigenvalue weighted by molar-refractivity contribution is 7.09. The smallest absolute Gasteiger partial charge is 0.129 e. The normalized spacial score (nSPS) is 12.6. The fourth-order valence-corrected chi connectivity index (χ4v) is 2.51. The number of nitrogens with zero attached hydrogens (tertiary/aromatic N) is 1. The molecule has 1 atom stereocenters. The molecule has 0 saturated carbocycles. The number of hydrogen-bond acceptors (Lipinski definition) is 3. The molecule has 0 saturated heterocycles. The van der Waals surface area contributed by atoms with Crippen LogP contribution in [0.25, 0.3) is 0 Å². The Balaban J connectivity index is 1.85. The number of aromatic nitrogens is 1. The maximum atomic E-state index is 13.5. The van der Waals surface area contributed by atoms with Crippen molar-refractivity contribution in [3.05, 3.63) is 51.2 Å². The molecular weight excluding hydrogens is 271 g/mol. The molecule has 0 bridgehead atoms. The number of benzene rings is 1. The van der Waals surface area contributed by atoms with Crippen molar-refractivity contribution in [2.24, 2.45) is 0 Å². The average Bonchev–Trinajstić information content (AvgIpc) is 2.85. The molecule has 0 spiro atoms. The van der Waals surface area contributed by atoms with E-state index in [1.165, 1.54) is 6.07 Å². The molecule has 0 aliphatic heterocycles. The monoisotopic (exact) mass is 284 g/mol. The molecule has 1 N–H and O–H groups in total. The van der Waals surface area contributed by atoms with Crippen molar-refractivity contribution in [2.75, 3.05) is 6.54 Å². The van der Waals surface area contributed by atoms with Crippen LogP contribution < -0.4 is 5.32 Å². The van der Waals surface area contributed by atoms with Crippen molar-refractivity contribution in [1.29, 1.82) is 0 Å². The van der Waals surface area contributed by atoms with E-state index in [1.807, 2.05) is 5.38 Å². The van der Waals surface area contributed by atoms with E-state index in [2.05, 4.69) is 17.2 Å². The second-order valence-corrected chi connectivity index (χ2v) is 5.50. The van der Waals surface area contributed by atoms with Crippen LogP contribution in [0.5, 0.6) is 0 Å². The van der Waals surface area contributed by atoms with Gasteiger partial charge in [-0.3, -0.25) is 0 Å². The molecule has 96 valence electrons. The summed E-state index contributed by atoms with van der Waals surface area (Å²) in [5.41, 5.74) is 0.630. The Morgan fingerprint density at radius 2 is 2.33 bits per heavy atom. The van der Waals surface area contributed by atoms with E-state index in [0.29, 0.717) is 23.0 Å². The maximum absolute atomic E-state index is 13.5. The van der Waals surface area contributed by atoms with Crippen LogP contribution in [0.15, 0.2) is 29.8 Å². The Morgan fingerprint density at radius 1 is 1.50 bits per heavy atom. The zero-order valence-electron chi connectivity index (χ0n) is 9.99. The molecule has 1 aromatic heterocycles. The lowest BCUT2D eigenvalue weighted by molar-refractivity contribution is 0.570. The lowest BCUT2D eigenvalue weighted by Gasteiger charge is -2.10. The second kappa shape index (κ2) is 6.27. The Labute approximate surface area is 115 Å². The Hall–Kier alpha value is -0.970. The van der Waals surface area contributed by atoms with Crippen molar-refractivity contribution in [1.82, 2.24) is 10.3 Å². The van der Waals surface area contributed by atoms with Gasteiger partial charge in [0, 0.05) is 41.2 Å². The first-order chi connectivity index (χ1) is 8.66. The van der Waals surface area contributed by atoms with Gasteiger partial charge in [0.15, 0.2) is 0 Å². The van der Waals surface area contributed by atoms with Gasteiger partial charge in [-0.1, -0.05) is 24.6 Å².